The summed E-state index contributed by atoms with van der Waals surface area (Å²) < 4.78 is 67.0. The summed E-state index contributed by atoms with van der Waals surface area (Å²) in [6.07, 6.45) is 0. The first-order valence-corrected chi connectivity index (χ1v) is 14.5. The van der Waals surface area contributed by atoms with Crippen molar-refractivity contribution < 1.29 is 35.9 Å². The van der Waals surface area contributed by atoms with Gasteiger partial charge in [-0.2, -0.15) is 8.42 Å². The Balaban J connectivity index is 2.18. The lowest BCUT2D eigenvalue weighted by Gasteiger charge is -2.31. The summed E-state index contributed by atoms with van der Waals surface area (Å²) in [5.41, 5.74) is -0.996. The second kappa shape index (κ2) is 10.4. The number of nitrogens with zero attached hydrogens (tertiary/aromatic N) is 2. The molecule has 1 atom stereocenters. The van der Waals surface area contributed by atoms with E-state index >= 15 is 0 Å². The number of amidine groups is 1. The van der Waals surface area contributed by atoms with Crippen molar-refractivity contribution in [3.05, 3.63) is 52.5 Å². The molecular formula is C24H32N4O8S2. The Morgan fingerprint density at radius 1 is 1.21 bits per heavy atom. The maximum atomic E-state index is 13.0. The number of benzene rings is 1. The molecule has 0 aliphatic carbocycles. The van der Waals surface area contributed by atoms with Gasteiger partial charge in [-0.15, -0.1) is 4.40 Å². The summed E-state index contributed by atoms with van der Waals surface area (Å²) in [6, 6.07) is 6.80. The summed E-state index contributed by atoms with van der Waals surface area (Å²) >= 11 is 0. The molecule has 1 aliphatic heterocycles. The maximum Gasteiger partial charge on any atom is 0.354 e. The SMILES string of the molecule is CCOC(=O)C1=C(Nc2cccc(S(=O)(=O)N(C)C)c2O)C(N[C@@H](c2ccc(C)o2)C(C)(C)C)=NS1(=O)=O. The molecule has 1 aliphatic rings. The Morgan fingerprint density at radius 3 is 2.39 bits per heavy atom. The lowest BCUT2D eigenvalue weighted by Crippen LogP contribution is -2.38. The van der Waals surface area contributed by atoms with Crippen molar-refractivity contribution in [3.63, 3.8) is 0 Å². The molecule has 208 valence electrons. The second-order valence-electron chi connectivity index (χ2n) is 9.80. The van der Waals surface area contributed by atoms with E-state index in [1.165, 1.54) is 39.2 Å². The lowest BCUT2D eigenvalue weighted by atomic mass is 9.85. The molecule has 14 heteroatoms. The smallest absolute Gasteiger partial charge is 0.354 e. The molecule has 0 spiro atoms. The van der Waals surface area contributed by atoms with Gasteiger partial charge in [-0.1, -0.05) is 26.8 Å². The van der Waals surface area contributed by atoms with Gasteiger partial charge in [0.25, 0.3) is 10.0 Å². The molecule has 2 heterocycles. The first-order valence-electron chi connectivity index (χ1n) is 11.6. The number of phenols is 1. The number of hydrogen-bond donors (Lipinski definition) is 3. The van der Waals surface area contributed by atoms with E-state index in [2.05, 4.69) is 15.0 Å². The van der Waals surface area contributed by atoms with Crippen LogP contribution in [0, 0.1) is 12.3 Å². The number of hydrogen-bond acceptors (Lipinski definition) is 10. The number of sulfonamides is 2. The summed E-state index contributed by atoms with van der Waals surface area (Å²) in [4.78, 5) is 11.6. The lowest BCUT2D eigenvalue weighted by molar-refractivity contribution is -0.137. The molecule has 0 unspecified atom stereocenters. The highest BCUT2D eigenvalue weighted by Gasteiger charge is 2.41. The van der Waals surface area contributed by atoms with E-state index in [1.807, 2.05) is 20.8 Å². The zero-order chi connectivity index (χ0) is 28.6. The van der Waals surface area contributed by atoms with Gasteiger partial charge in [0.05, 0.1) is 18.3 Å². The Bertz CT molecular complexity index is 1510. The number of carbonyl (C=O) groups excluding carboxylic acids is 1. The largest absolute Gasteiger partial charge is 0.504 e. The topological polar surface area (TPSA) is 168 Å². The van der Waals surface area contributed by atoms with Crippen LogP contribution in [0.1, 0.15) is 45.3 Å². The second-order valence-corrected chi connectivity index (χ2v) is 13.5. The fraction of sp³-hybridized carbons (Fsp3) is 0.417. The molecule has 1 aromatic carbocycles. The van der Waals surface area contributed by atoms with Crippen molar-refractivity contribution in [3.8, 4) is 5.75 Å². The van der Waals surface area contributed by atoms with Gasteiger partial charge in [-0.05, 0) is 43.5 Å². The van der Waals surface area contributed by atoms with Crippen LogP contribution in [-0.2, 0) is 29.6 Å². The van der Waals surface area contributed by atoms with E-state index < -0.39 is 53.0 Å². The Kier molecular flexibility index (Phi) is 8.01. The van der Waals surface area contributed by atoms with E-state index in [0.717, 1.165) is 4.31 Å². The molecule has 0 fully saturated rings. The van der Waals surface area contributed by atoms with Gasteiger partial charge in [0.15, 0.2) is 11.6 Å². The normalized spacial score (nSPS) is 16.4. The summed E-state index contributed by atoms with van der Waals surface area (Å²) in [5, 5.41) is 16.6. The van der Waals surface area contributed by atoms with Gasteiger partial charge in [-0.3, -0.25) is 0 Å². The number of rotatable bonds is 8. The van der Waals surface area contributed by atoms with Crippen molar-refractivity contribution in [2.75, 3.05) is 26.0 Å². The summed E-state index contributed by atoms with van der Waals surface area (Å²) in [6.45, 7) is 8.88. The number of furan rings is 1. The average Bonchev–Trinajstić information content (AvgIpc) is 3.32. The molecule has 0 radical (unpaired) electrons. The predicted molar refractivity (Wildman–Crippen MR) is 141 cm³/mol. The zero-order valence-electron chi connectivity index (χ0n) is 22.2. The molecular weight excluding hydrogens is 536 g/mol. The number of para-hydroxylation sites is 1. The highest BCUT2D eigenvalue weighted by molar-refractivity contribution is 7.95. The third kappa shape index (κ3) is 5.71. The number of nitrogens with one attached hydrogen (secondary N) is 2. The van der Waals surface area contributed by atoms with E-state index in [4.69, 9.17) is 9.15 Å². The third-order valence-corrected chi connectivity index (χ3v) is 8.76. The van der Waals surface area contributed by atoms with Crippen molar-refractivity contribution in [2.24, 2.45) is 9.81 Å². The highest BCUT2D eigenvalue weighted by Crippen LogP contribution is 2.38. The standard InChI is InChI=1S/C24H32N4O8S2/c1-8-35-23(30)20-18(25-15-10-9-11-17(19(15)29)38(33,34)28(6)7)22(27-37(20,31)32)26-21(24(3,4)5)16-13-12-14(2)36-16/h9-13,21,25,29H,8H2,1-7H3,(H,26,27)/t21-/m0/s1. The van der Waals surface area contributed by atoms with Crippen LogP contribution >= 0.6 is 0 Å². The molecule has 2 aromatic rings. The molecule has 12 nitrogen and oxygen atoms in total. The average molecular weight is 569 g/mol. The van der Waals surface area contributed by atoms with Crippen molar-refractivity contribution in [1.82, 2.24) is 9.62 Å². The molecule has 0 saturated heterocycles. The number of anilines is 1. The number of aryl methyl sites for hydroxylation is 1. The zero-order valence-corrected chi connectivity index (χ0v) is 23.8. The Labute approximate surface area is 222 Å². The molecule has 3 N–H and O–H groups in total. The first kappa shape index (κ1) is 29.2. The summed E-state index contributed by atoms with van der Waals surface area (Å²) in [5.74, 6) is -0.923. The van der Waals surface area contributed by atoms with Gasteiger partial charge < -0.3 is 24.9 Å². The van der Waals surface area contributed by atoms with Crippen molar-refractivity contribution >= 4 is 37.5 Å². The maximum absolute atomic E-state index is 13.0. The van der Waals surface area contributed by atoms with Gasteiger partial charge in [0.1, 0.15) is 22.1 Å². The van der Waals surface area contributed by atoms with Crippen LogP contribution in [0.15, 0.2) is 54.6 Å². The highest BCUT2D eigenvalue weighted by atomic mass is 32.2. The summed E-state index contributed by atoms with van der Waals surface area (Å²) in [7, 11) is -5.98. The number of esters is 1. The van der Waals surface area contributed by atoms with Crippen LogP contribution in [0.25, 0.3) is 0 Å². The molecule has 3 rings (SSSR count). The Hall–Kier alpha value is -3.36. The minimum atomic E-state index is -4.53. The molecule has 0 amide bonds. The fourth-order valence-corrected chi connectivity index (χ4v) is 5.84. The van der Waals surface area contributed by atoms with Crippen LogP contribution in [-0.4, -0.2) is 58.8 Å². The molecule has 0 bridgehead atoms. The minimum absolute atomic E-state index is 0.105. The quantitative estimate of drug-likeness (QED) is 0.318. The monoisotopic (exact) mass is 568 g/mol. The van der Waals surface area contributed by atoms with Crippen LogP contribution < -0.4 is 10.6 Å². The number of phenolic OH excluding ortho intramolecular Hbond substituents is 1. The van der Waals surface area contributed by atoms with Gasteiger partial charge in [0.2, 0.25) is 14.9 Å². The van der Waals surface area contributed by atoms with E-state index in [0.29, 0.717) is 11.5 Å². The molecule has 0 saturated carbocycles. The number of carbonyl (C=O) groups is 1. The van der Waals surface area contributed by atoms with Crippen LogP contribution in [0.4, 0.5) is 5.69 Å². The van der Waals surface area contributed by atoms with E-state index in [-0.39, 0.29) is 23.8 Å². The Morgan fingerprint density at radius 2 is 1.87 bits per heavy atom. The van der Waals surface area contributed by atoms with E-state index in [9.17, 15) is 26.7 Å². The molecule has 1 aromatic heterocycles. The van der Waals surface area contributed by atoms with Gasteiger partial charge >= 0.3 is 5.97 Å². The van der Waals surface area contributed by atoms with Crippen molar-refractivity contribution in [1.29, 1.82) is 0 Å². The van der Waals surface area contributed by atoms with Crippen LogP contribution in [0.2, 0.25) is 0 Å². The van der Waals surface area contributed by atoms with Gasteiger partial charge in [0, 0.05) is 14.1 Å². The first-order chi connectivity index (χ1) is 17.5. The number of aromatic hydroxyl groups is 1. The third-order valence-electron chi connectivity index (χ3n) is 5.60. The predicted octanol–water partition coefficient (Wildman–Crippen LogP) is 2.85. The molecule has 38 heavy (non-hydrogen) atoms. The van der Waals surface area contributed by atoms with Gasteiger partial charge in [-0.25, -0.2) is 17.5 Å². The van der Waals surface area contributed by atoms with E-state index in [1.54, 1.807) is 19.1 Å². The van der Waals surface area contributed by atoms with Crippen LogP contribution in [0.3, 0.4) is 0 Å². The fourth-order valence-electron chi connectivity index (χ4n) is 3.69. The number of ether oxygens (including phenoxy) is 1. The van der Waals surface area contributed by atoms with Crippen molar-refractivity contribution in [2.45, 2.75) is 45.6 Å². The van der Waals surface area contributed by atoms with Crippen LogP contribution in [0.5, 0.6) is 5.75 Å². The minimum Gasteiger partial charge on any atom is -0.504 e.